The van der Waals surface area contributed by atoms with Crippen molar-refractivity contribution in [2.75, 3.05) is 32.5 Å². The minimum Gasteiger partial charge on any atom is -0.376 e. The van der Waals surface area contributed by atoms with Crippen LogP contribution >= 0.6 is 23.4 Å². The van der Waals surface area contributed by atoms with E-state index >= 15 is 0 Å². The van der Waals surface area contributed by atoms with Gasteiger partial charge in [-0.05, 0) is 83.6 Å². The molecule has 270 valence electrons. The number of likely N-dealkylation sites (N-methyl/N-ethyl adjacent to an activating group) is 1. The Morgan fingerprint density at radius 2 is 2.00 bits per heavy atom. The van der Waals surface area contributed by atoms with E-state index in [-0.39, 0.29) is 82.8 Å². The van der Waals surface area contributed by atoms with Gasteiger partial charge in [-0.3, -0.25) is 14.2 Å². The van der Waals surface area contributed by atoms with Crippen LogP contribution in [0.4, 0.5) is 17.6 Å². The van der Waals surface area contributed by atoms with Crippen LogP contribution in [0, 0.1) is 30.6 Å². The molecule has 3 aliphatic carbocycles. The molecule has 6 rings (SSSR count). The number of aryl methyl sites for hydroxylation is 2. The summed E-state index contributed by atoms with van der Waals surface area (Å²) in [6.45, 7) is 4.70. The SMILES string of the molecule is Cc1nc2c(c(=O)n1CCOC1CCC(Cl)CC1C1CC(C)NC3C(C(=O)NCC(F)F)CSC13)CC(N(C)CC1CC(F)(F)C1)CC2. The maximum Gasteiger partial charge on any atom is 0.257 e. The second-order valence-corrected chi connectivity index (χ2v) is 16.9. The number of halogens is 5. The summed E-state index contributed by atoms with van der Waals surface area (Å²) in [5.74, 6) is -1.53. The van der Waals surface area contributed by atoms with E-state index in [0.717, 1.165) is 43.4 Å². The summed E-state index contributed by atoms with van der Waals surface area (Å²) in [4.78, 5) is 33.6. The first-order valence-electron chi connectivity index (χ1n) is 17.7. The first-order valence-corrected chi connectivity index (χ1v) is 19.1. The van der Waals surface area contributed by atoms with Gasteiger partial charge < -0.3 is 20.3 Å². The molecule has 0 aromatic carbocycles. The number of nitrogens with zero attached hydrogens (tertiary/aromatic N) is 3. The van der Waals surface area contributed by atoms with E-state index in [9.17, 15) is 27.2 Å². The van der Waals surface area contributed by atoms with Crippen molar-refractivity contribution in [3.63, 3.8) is 0 Å². The fraction of sp³-hybridized carbons (Fsp3) is 0.853. The molecule has 0 radical (unpaired) electrons. The molecule has 9 unspecified atom stereocenters. The van der Waals surface area contributed by atoms with Crippen LogP contribution in [0.1, 0.15) is 69.0 Å². The molecule has 2 N–H and O–H groups in total. The lowest BCUT2D eigenvalue weighted by molar-refractivity contribution is -0.126. The number of hydrogen-bond donors (Lipinski definition) is 2. The Hall–Kier alpha value is -1.41. The van der Waals surface area contributed by atoms with Gasteiger partial charge in [-0.1, -0.05) is 0 Å². The Bertz CT molecular complexity index is 1360. The molecule has 4 fully saturated rings. The van der Waals surface area contributed by atoms with E-state index in [1.165, 1.54) is 0 Å². The van der Waals surface area contributed by atoms with Crippen LogP contribution in [0.15, 0.2) is 4.79 Å². The van der Waals surface area contributed by atoms with Crippen molar-refractivity contribution in [3.05, 3.63) is 27.4 Å². The van der Waals surface area contributed by atoms with E-state index in [0.29, 0.717) is 44.1 Å². The summed E-state index contributed by atoms with van der Waals surface area (Å²) in [5, 5.41) is 6.22. The Balaban J connectivity index is 1.09. The second kappa shape index (κ2) is 15.1. The number of ether oxygens (including phenoxy) is 1. The van der Waals surface area contributed by atoms with E-state index in [2.05, 4.69) is 22.5 Å². The summed E-state index contributed by atoms with van der Waals surface area (Å²) < 4.78 is 60.7. The Morgan fingerprint density at radius 1 is 1.23 bits per heavy atom. The third-order valence-corrected chi connectivity index (χ3v) is 13.5. The van der Waals surface area contributed by atoms with Crippen molar-refractivity contribution in [2.24, 2.45) is 23.7 Å². The molecular formula is C34H50ClF4N5O3S. The summed E-state index contributed by atoms with van der Waals surface area (Å²) in [6, 6.07) is 0.190. The van der Waals surface area contributed by atoms with Crippen LogP contribution in [0.5, 0.6) is 0 Å². The number of rotatable bonds is 11. The van der Waals surface area contributed by atoms with Crippen molar-refractivity contribution in [2.45, 2.75) is 125 Å². The molecule has 0 spiro atoms. The normalized spacial score (nSPS) is 34.9. The van der Waals surface area contributed by atoms with Gasteiger partial charge in [0, 0.05) is 59.5 Å². The third-order valence-electron chi connectivity index (χ3n) is 11.6. The number of carbonyl (C=O) groups excluding carboxylic acids is 1. The zero-order chi connectivity index (χ0) is 34.3. The van der Waals surface area contributed by atoms with Gasteiger partial charge in [-0.25, -0.2) is 22.5 Å². The fourth-order valence-electron chi connectivity index (χ4n) is 9.15. The van der Waals surface area contributed by atoms with Crippen molar-refractivity contribution >= 4 is 29.3 Å². The highest BCUT2D eigenvalue weighted by Crippen LogP contribution is 2.48. The van der Waals surface area contributed by atoms with Gasteiger partial charge in [0.15, 0.2) is 0 Å². The number of carbonyl (C=O) groups is 1. The zero-order valence-corrected chi connectivity index (χ0v) is 29.7. The monoisotopic (exact) mass is 719 g/mol. The van der Waals surface area contributed by atoms with Gasteiger partial charge in [0.2, 0.25) is 11.8 Å². The molecular weight excluding hydrogens is 670 g/mol. The van der Waals surface area contributed by atoms with Crippen LogP contribution in [0.25, 0.3) is 0 Å². The average molecular weight is 720 g/mol. The highest BCUT2D eigenvalue weighted by atomic mass is 35.5. The lowest BCUT2D eigenvalue weighted by Gasteiger charge is -2.47. The molecule has 3 heterocycles. The molecule has 9 atom stereocenters. The minimum atomic E-state index is -2.58. The predicted octanol–water partition coefficient (Wildman–Crippen LogP) is 4.66. The van der Waals surface area contributed by atoms with Crippen molar-refractivity contribution in [1.82, 2.24) is 25.1 Å². The molecule has 5 aliphatic rings. The smallest absolute Gasteiger partial charge is 0.257 e. The lowest BCUT2D eigenvalue weighted by atomic mass is 9.70. The molecule has 8 nitrogen and oxygen atoms in total. The number of piperidine rings is 1. The summed E-state index contributed by atoms with van der Waals surface area (Å²) in [7, 11) is 1.98. The first-order chi connectivity index (χ1) is 22.8. The molecule has 2 saturated carbocycles. The highest BCUT2D eigenvalue weighted by Gasteiger charge is 2.52. The average Bonchev–Trinajstić information content (AvgIpc) is 3.44. The number of fused-ring (bicyclic) bond motifs is 2. The van der Waals surface area contributed by atoms with E-state index in [1.807, 2.05) is 14.0 Å². The van der Waals surface area contributed by atoms with Crippen LogP contribution in [0.3, 0.4) is 0 Å². The zero-order valence-electron chi connectivity index (χ0n) is 28.1. The highest BCUT2D eigenvalue weighted by molar-refractivity contribution is 8.00. The van der Waals surface area contributed by atoms with Crippen LogP contribution < -0.4 is 16.2 Å². The molecule has 0 bridgehead atoms. The summed E-state index contributed by atoms with van der Waals surface area (Å²) in [5.41, 5.74) is 1.53. The van der Waals surface area contributed by atoms with Crippen LogP contribution in [0.2, 0.25) is 0 Å². The summed E-state index contributed by atoms with van der Waals surface area (Å²) >= 11 is 8.50. The number of nitrogens with one attached hydrogen (secondary N) is 2. The van der Waals surface area contributed by atoms with E-state index in [1.54, 1.807) is 16.3 Å². The number of thioether (sulfide) groups is 1. The Morgan fingerprint density at radius 3 is 2.73 bits per heavy atom. The number of aromatic nitrogens is 2. The largest absolute Gasteiger partial charge is 0.376 e. The number of hydrogen-bond acceptors (Lipinski definition) is 7. The van der Waals surface area contributed by atoms with Crippen molar-refractivity contribution < 1.29 is 27.1 Å². The van der Waals surface area contributed by atoms with Crippen molar-refractivity contribution in [3.8, 4) is 0 Å². The lowest BCUT2D eigenvalue weighted by Crippen LogP contribution is -2.58. The third kappa shape index (κ3) is 8.05. The van der Waals surface area contributed by atoms with Gasteiger partial charge in [0.25, 0.3) is 12.0 Å². The van der Waals surface area contributed by atoms with Crippen LogP contribution in [-0.2, 0) is 28.9 Å². The molecule has 1 amide bonds. The van der Waals surface area contributed by atoms with Crippen molar-refractivity contribution in [1.29, 1.82) is 0 Å². The standard InChI is InChI=1S/C34H50ClF4N5O3S/c1-18-10-24(31-30(41-18)26(17-48-31)32(45)40-15-29(36)37)23-11-21(35)4-7-28(23)47-9-8-44-19(2)42-27-6-5-22(12-25(27)33(44)46)43(3)16-20-13-34(38,39)14-20/h18,20-24,26,28-31,41H,4-17H2,1-3H3,(H,40,45). The van der Waals surface area contributed by atoms with E-state index < -0.39 is 18.9 Å². The van der Waals surface area contributed by atoms with Gasteiger partial charge in [-0.2, -0.15) is 11.8 Å². The van der Waals surface area contributed by atoms with Gasteiger partial charge in [0.05, 0.1) is 37.4 Å². The molecule has 2 aliphatic heterocycles. The first kappa shape index (κ1) is 36.4. The number of amides is 1. The minimum absolute atomic E-state index is 0.000796. The summed E-state index contributed by atoms with van der Waals surface area (Å²) in [6.07, 6.45) is 2.77. The van der Waals surface area contributed by atoms with Crippen LogP contribution in [-0.4, -0.2) is 100 Å². The predicted molar refractivity (Wildman–Crippen MR) is 179 cm³/mol. The Kier molecular flexibility index (Phi) is 11.4. The second-order valence-electron chi connectivity index (χ2n) is 15.0. The van der Waals surface area contributed by atoms with Gasteiger partial charge in [0.1, 0.15) is 5.82 Å². The molecule has 14 heteroatoms. The topological polar surface area (TPSA) is 88.5 Å². The molecule has 48 heavy (non-hydrogen) atoms. The van der Waals surface area contributed by atoms with Gasteiger partial charge in [-0.15, -0.1) is 11.6 Å². The fourth-order valence-corrected chi connectivity index (χ4v) is 11.3. The van der Waals surface area contributed by atoms with Gasteiger partial charge >= 0.3 is 0 Å². The maximum absolute atomic E-state index is 13.8. The number of alkyl halides is 5. The quantitative estimate of drug-likeness (QED) is 0.254. The molecule has 1 aromatic heterocycles. The molecule has 2 saturated heterocycles. The maximum atomic E-state index is 13.8. The Labute approximate surface area is 289 Å². The molecule has 1 aromatic rings. The van der Waals surface area contributed by atoms with E-state index in [4.69, 9.17) is 21.3 Å².